The number of aliphatic hydroxyl groups excluding tert-OH is 1. The summed E-state index contributed by atoms with van der Waals surface area (Å²) in [6.45, 7) is -1.59. The fourth-order valence-electron chi connectivity index (χ4n) is 1.46. The summed E-state index contributed by atoms with van der Waals surface area (Å²) in [6.07, 6.45) is -4.25. The van der Waals surface area contributed by atoms with E-state index in [0.29, 0.717) is 5.56 Å². The Bertz CT molecular complexity index is 508. The van der Waals surface area contributed by atoms with Crippen LogP contribution in [0.5, 0.6) is 5.75 Å². The van der Waals surface area contributed by atoms with E-state index in [4.69, 9.17) is 5.11 Å². The van der Waals surface area contributed by atoms with Gasteiger partial charge in [0.1, 0.15) is 5.75 Å². The Labute approximate surface area is 115 Å². The van der Waals surface area contributed by atoms with E-state index >= 15 is 0 Å². The second-order valence-corrected chi connectivity index (χ2v) is 6.40. The molecule has 0 saturated carbocycles. The fraction of sp³-hybridized carbons (Fsp3) is 0.500. The maximum Gasteiger partial charge on any atom is 0.422 e. The van der Waals surface area contributed by atoms with Crippen molar-refractivity contribution in [3.05, 3.63) is 29.8 Å². The smallest absolute Gasteiger partial charge is 0.422 e. The molecule has 0 unspecified atom stereocenters. The van der Waals surface area contributed by atoms with Crippen LogP contribution in [0.3, 0.4) is 0 Å². The lowest BCUT2D eigenvalue weighted by Crippen LogP contribution is -2.19. The summed E-state index contributed by atoms with van der Waals surface area (Å²) in [5.41, 5.74) is 0.460. The number of halogens is 3. The molecule has 0 aliphatic rings. The van der Waals surface area contributed by atoms with Crippen LogP contribution < -0.4 is 4.74 Å². The number of alkyl halides is 3. The molecule has 1 aromatic carbocycles. The van der Waals surface area contributed by atoms with Crippen LogP contribution in [0.4, 0.5) is 13.2 Å². The molecule has 20 heavy (non-hydrogen) atoms. The van der Waals surface area contributed by atoms with Crippen molar-refractivity contribution in [3.63, 3.8) is 0 Å². The van der Waals surface area contributed by atoms with E-state index in [9.17, 15) is 21.6 Å². The Morgan fingerprint density at radius 3 is 2.25 bits per heavy atom. The number of aliphatic hydroxyl groups is 1. The van der Waals surface area contributed by atoms with Crippen LogP contribution >= 0.6 is 0 Å². The second kappa shape index (κ2) is 6.94. The molecule has 0 atom stereocenters. The minimum Gasteiger partial charge on any atom is -0.484 e. The quantitative estimate of drug-likeness (QED) is 0.835. The van der Waals surface area contributed by atoms with Crippen LogP contribution in [-0.2, 0) is 15.6 Å². The minimum atomic E-state index is -4.41. The molecule has 0 amide bonds. The van der Waals surface area contributed by atoms with Crippen molar-refractivity contribution >= 4 is 9.84 Å². The van der Waals surface area contributed by atoms with Crippen molar-refractivity contribution in [1.29, 1.82) is 0 Å². The van der Waals surface area contributed by atoms with Gasteiger partial charge in [0.15, 0.2) is 16.4 Å². The lowest BCUT2D eigenvalue weighted by molar-refractivity contribution is -0.153. The number of benzene rings is 1. The van der Waals surface area contributed by atoms with E-state index in [-0.39, 0.29) is 30.3 Å². The molecule has 4 nitrogen and oxygen atoms in total. The van der Waals surface area contributed by atoms with Crippen molar-refractivity contribution < 1.29 is 31.4 Å². The monoisotopic (exact) mass is 312 g/mol. The van der Waals surface area contributed by atoms with Crippen LogP contribution in [-0.4, -0.2) is 38.7 Å². The average molecular weight is 312 g/mol. The summed E-state index contributed by atoms with van der Waals surface area (Å²) in [7, 11) is -3.33. The van der Waals surface area contributed by atoms with Gasteiger partial charge in [0.2, 0.25) is 0 Å². The molecule has 0 aromatic heterocycles. The van der Waals surface area contributed by atoms with E-state index < -0.39 is 22.6 Å². The first kappa shape index (κ1) is 16.8. The molecule has 114 valence electrons. The predicted octanol–water partition coefficient (Wildman–Crippen LogP) is 1.92. The zero-order valence-corrected chi connectivity index (χ0v) is 11.4. The number of hydrogen-bond donors (Lipinski definition) is 1. The summed E-state index contributed by atoms with van der Waals surface area (Å²) in [6, 6.07) is 5.40. The van der Waals surface area contributed by atoms with E-state index in [1.165, 1.54) is 24.3 Å². The molecular formula is C12H15F3O4S. The Balaban J connectivity index is 2.58. The SMILES string of the molecule is O=S(=O)(CCCO)Cc1ccc(OCC(F)(F)F)cc1. The maximum atomic E-state index is 11.9. The molecule has 0 bridgehead atoms. The van der Waals surface area contributed by atoms with Crippen LogP contribution in [0.15, 0.2) is 24.3 Å². The highest BCUT2D eigenvalue weighted by atomic mass is 32.2. The zero-order valence-electron chi connectivity index (χ0n) is 10.6. The standard InChI is InChI=1S/C12H15F3O4S/c13-12(14,15)9-19-11-4-2-10(3-5-11)8-20(17,18)7-1-6-16/h2-5,16H,1,6-9H2. The van der Waals surface area contributed by atoms with Crippen LogP contribution in [0.2, 0.25) is 0 Å². The van der Waals surface area contributed by atoms with E-state index in [1.54, 1.807) is 0 Å². The molecule has 0 saturated heterocycles. The largest absolute Gasteiger partial charge is 0.484 e. The van der Waals surface area contributed by atoms with E-state index in [1.807, 2.05) is 0 Å². The summed E-state index contributed by atoms with van der Waals surface area (Å²) in [4.78, 5) is 0. The van der Waals surface area contributed by atoms with Gasteiger partial charge in [-0.25, -0.2) is 8.42 Å². The van der Waals surface area contributed by atoms with Gasteiger partial charge in [-0.2, -0.15) is 13.2 Å². The third kappa shape index (κ3) is 6.76. The highest BCUT2D eigenvalue weighted by Crippen LogP contribution is 2.19. The second-order valence-electron chi connectivity index (χ2n) is 4.22. The van der Waals surface area contributed by atoms with Crippen molar-refractivity contribution in [2.45, 2.75) is 18.3 Å². The Morgan fingerprint density at radius 2 is 1.75 bits per heavy atom. The highest BCUT2D eigenvalue weighted by molar-refractivity contribution is 7.90. The van der Waals surface area contributed by atoms with Gasteiger partial charge in [0.25, 0.3) is 0 Å². The first-order valence-electron chi connectivity index (χ1n) is 5.82. The van der Waals surface area contributed by atoms with Crippen molar-refractivity contribution in [2.75, 3.05) is 19.0 Å². The molecular weight excluding hydrogens is 297 g/mol. The number of sulfone groups is 1. The third-order valence-corrected chi connectivity index (χ3v) is 4.01. The molecule has 0 aliphatic heterocycles. The first-order chi connectivity index (χ1) is 9.22. The topological polar surface area (TPSA) is 63.6 Å². The van der Waals surface area contributed by atoms with Crippen molar-refractivity contribution in [1.82, 2.24) is 0 Å². The van der Waals surface area contributed by atoms with Gasteiger partial charge in [0, 0.05) is 6.61 Å². The molecule has 0 radical (unpaired) electrons. The van der Waals surface area contributed by atoms with Gasteiger partial charge in [-0.05, 0) is 24.1 Å². The van der Waals surface area contributed by atoms with Gasteiger partial charge in [-0.3, -0.25) is 0 Å². The summed E-state index contributed by atoms with van der Waals surface area (Å²) in [5, 5.41) is 8.58. The van der Waals surface area contributed by atoms with Gasteiger partial charge in [0.05, 0.1) is 11.5 Å². The van der Waals surface area contributed by atoms with Gasteiger partial charge in [-0.15, -0.1) is 0 Å². The Hall–Kier alpha value is -1.28. The van der Waals surface area contributed by atoms with Crippen molar-refractivity contribution in [3.8, 4) is 5.75 Å². The molecule has 1 aromatic rings. The summed E-state index contributed by atoms with van der Waals surface area (Å²) < 4.78 is 63.5. The van der Waals surface area contributed by atoms with Gasteiger partial charge in [-0.1, -0.05) is 12.1 Å². The Morgan fingerprint density at radius 1 is 1.15 bits per heavy atom. The average Bonchev–Trinajstić information content (AvgIpc) is 2.34. The predicted molar refractivity (Wildman–Crippen MR) is 67.2 cm³/mol. The van der Waals surface area contributed by atoms with Crippen molar-refractivity contribution in [2.24, 2.45) is 0 Å². The third-order valence-electron chi connectivity index (χ3n) is 2.33. The molecule has 0 heterocycles. The van der Waals surface area contributed by atoms with Crippen LogP contribution in [0.1, 0.15) is 12.0 Å². The van der Waals surface area contributed by atoms with Crippen LogP contribution in [0, 0.1) is 0 Å². The van der Waals surface area contributed by atoms with Gasteiger partial charge >= 0.3 is 6.18 Å². The molecule has 1 rings (SSSR count). The molecule has 0 spiro atoms. The summed E-state index contributed by atoms with van der Waals surface area (Å²) in [5.74, 6) is -0.318. The maximum absolute atomic E-state index is 11.9. The van der Waals surface area contributed by atoms with E-state index in [2.05, 4.69) is 4.74 Å². The lowest BCUT2D eigenvalue weighted by Gasteiger charge is -2.09. The zero-order chi connectivity index (χ0) is 15.2. The first-order valence-corrected chi connectivity index (χ1v) is 7.64. The highest BCUT2D eigenvalue weighted by Gasteiger charge is 2.28. The minimum absolute atomic E-state index is 0.0267. The molecule has 1 N–H and O–H groups in total. The van der Waals surface area contributed by atoms with Crippen LogP contribution in [0.25, 0.3) is 0 Å². The fourth-order valence-corrected chi connectivity index (χ4v) is 2.87. The van der Waals surface area contributed by atoms with Gasteiger partial charge < -0.3 is 9.84 Å². The lowest BCUT2D eigenvalue weighted by atomic mass is 10.2. The number of ether oxygens (including phenoxy) is 1. The van der Waals surface area contributed by atoms with E-state index in [0.717, 1.165) is 0 Å². The Kier molecular flexibility index (Phi) is 5.82. The number of rotatable bonds is 7. The molecule has 0 aliphatic carbocycles. The molecule has 0 fully saturated rings. The summed E-state index contributed by atoms with van der Waals surface area (Å²) >= 11 is 0. The number of hydrogen-bond acceptors (Lipinski definition) is 4. The normalized spacial score (nSPS) is 12.4. The molecule has 8 heteroatoms.